The van der Waals surface area contributed by atoms with Gasteiger partial charge in [0, 0.05) is 38.3 Å². The molecular weight excluding hydrogens is 378 g/mol. The number of piperazine rings is 1. The molecule has 0 unspecified atom stereocenters. The molecule has 0 spiro atoms. The third-order valence-corrected chi connectivity index (χ3v) is 7.44. The maximum atomic E-state index is 13.0. The van der Waals surface area contributed by atoms with Gasteiger partial charge in [0.05, 0.1) is 0 Å². The zero-order chi connectivity index (χ0) is 19.9. The molecular formula is C20H23N3O4S. The average molecular weight is 401 g/mol. The molecule has 7 nitrogen and oxygen atoms in total. The normalized spacial score (nSPS) is 16.6. The molecule has 2 heterocycles. The Morgan fingerprint density at radius 2 is 1.79 bits per heavy atom. The first-order valence-corrected chi connectivity index (χ1v) is 10.7. The van der Waals surface area contributed by atoms with Crippen molar-refractivity contribution in [3.8, 4) is 5.75 Å². The van der Waals surface area contributed by atoms with Crippen LogP contribution in [0, 0.1) is 13.8 Å². The van der Waals surface area contributed by atoms with Crippen LogP contribution in [0.2, 0.25) is 0 Å². The van der Waals surface area contributed by atoms with Crippen LogP contribution in [0.1, 0.15) is 17.0 Å². The number of phenolic OH excluding ortho intramolecular Hbond substituents is 1. The smallest absolute Gasteiger partial charge is 0.248 e. The highest BCUT2D eigenvalue weighted by molar-refractivity contribution is 7.89. The van der Waals surface area contributed by atoms with Crippen LogP contribution in [0.3, 0.4) is 0 Å². The molecule has 0 saturated carbocycles. The number of benzene rings is 2. The number of hydrogen-bond donors (Lipinski definition) is 1. The zero-order valence-corrected chi connectivity index (χ0v) is 16.7. The molecule has 28 heavy (non-hydrogen) atoms. The molecule has 0 radical (unpaired) electrons. The minimum Gasteiger partial charge on any atom is -0.508 e. The fraction of sp³-hybridized carbons (Fsp3) is 0.350. The summed E-state index contributed by atoms with van der Waals surface area (Å²) in [5, 5.41) is 16.2. The van der Waals surface area contributed by atoms with E-state index < -0.39 is 10.0 Å². The van der Waals surface area contributed by atoms with Crippen molar-refractivity contribution >= 4 is 20.8 Å². The van der Waals surface area contributed by atoms with Gasteiger partial charge in [0.25, 0.3) is 0 Å². The maximum absolute atomic E-state index is 13.0. The average Bonchev–Trinajstić information content (AvgIpc) is 3.03. The van der Waals surface area contributed by atoms with Crippen molar-refractivity contribution in [1.29, 1.82) is 0 Å². The van der Waals surface area contributed by atoms with Gasteiger partial charge in [-0.3, -0.25) is 4.90 Å². The lowest BCUT2D eigenvalue weighted by atomic mass is 10.0. The molecule has 0 bridgehead atoms. The Labute approximate surface area is 164 Å². The molecule has 1 aliphatic heterocycles. The summed E-state index contributed by atoms with van der Waals surface area (Å²) < 4.78 is 32.4. The highest BCUT2D eigenvalue weighted by Gasteiger charge is 2.33. The van der Waals surface area contributed by atoms with E-state index in [1.807, 2.05) is 30.3 Å². The highest BCUT2D eigenvalue weighted by atomic mass is 32.2. The fourth-order valence-corrected chi connectivity index (χ4v) is 5.53. The van der Waals surface area contributed by atoms with E-state index in [9.17, 15) is 13.5 Å². The van der Waals surface area contributed by atoms with Gasteiger partial charge in [0.1, 0.15) is 16.3 Å². The van der Waals surface area contributed by atoms with Crippen LogP contribution < -0.4 is 0 Å². The van der Waals surface area contributed by atoms with Crippen LogP contribution in [0.25, 0.3) is 10.8 Å². The van der Waals surface area contributed by atoms with E-state index in [-0.39, 0.29) is 10.6 Å². The van der Waals surface area contributed by atoms with Gasteiger partial charge >= 0.3 is 0 Å². The van der Waals surface area contributed by atoms with Gasteiger partial charge in [0.15, 0.2) is 5.76 Å². The largest absolute Gasteiger partial charge is 0.508 e. The van der Waals surface area contributed by atoms with Gasteiger partial charge in [-0.05, 0) is 30.7 Å². The lowest BCUT2D eigenvalue weighted by Crippen LogP contribution is -2.48. The summed E-state index contributed by atoms with van der Waals surface area (Å²) in [4.78, 5) is 2.34. The molecule has 3 aromatic rings. The van der Waals surface area contributed by atoms with Gasteiger partial charge in [-0.15, -0.1) is 0 Å². The van der Waals surface area contributed by atoms with Crippen LogP contribution in [-0.4, -0.2) is 54.1 Å². The number of phenols is 1. The third kappa shape index (κ3) is 3.28. The lowest BCUT2D eigenvalue weighted by Gasteiger charge is -2.34. The molecule has 0 atom stereocenters. The Bertz CT molecular complexity index is 1100. The van der Waals surface area contributed by atoms with Gasteiger partial charge in [0.2, 0.25) is 10.0 Å². The van der Waals surface area contributed by atoms with Crippen LogP contribution in [-0.2, 0) is 16.6 Å². The summed E-state index contributed by atoms with van der Waals surface area (Å²) in [6, 6.07) is 11.6. The second-order valence-electron chi connectivity index (χ2n) is 7.12. The number of rotatable bonds is 4. The molecule has 4 rings (SSSR count). The fourth-order valence-electron chi connectivity index (χ4n) is 3.81. The Balaban J connectivity index is 1.51. The second kappa shape index (κ2) is 7.20. The summed E-state index contributed by atoms with van der Waals surface area (Å²) in [7, 11) is -3.62. The lowest BCUT2D eigenvalue weighted by molar-refractivity contribution is 0.180. The summed E-state index contributed by atoms with van der Waals surface area (Å²) in [5.41, 5.74) is 1.26. The van der Waals surface area contributed by atoms with E-state index in [1.165, 1.54) is 4.31 Å². The molecule has 2 aromatic carbocycles. The topological polar surface area (TPSA) is 86.9 Å². The number of nitrogens with zero attached hydrogens (tertiary/aromatic N) is 3. The van der Waals surface area contributed by atoms with Crippen molar-refractivity contribution < 1.29 is 18.0 Å². The van der Waals surface area contributed by atoms with E-state index in [4.69, 9.17) is 4.52 Å². The molecule has 1 aromatic heterocycles. The minimum atomic E-state index is -3.62. The zero-order valence-electron chi connectivity index (χ0n) is 15.9. The molecule has 0 aliphatic carbocycles. The summed E-state index contributed by atoms with van der Waals surface area (Å²) >= 11 is 0. The van der Waals surface area contributed by atoms with Crippen molar-refractivity contribution in [2.24, 2.45) is 0 Å². The molecule has 0 amide bonds. The van der Waals surface area contributed by atoms with Crippen molar-refractivity contribution in [3.05, 3.63) is 53.4 Å². The SMILES string of the molecule is Cc1noc(C)c1S(=O)(=O)N1CCN(Cc2c(O)ccc3ccccc23)CC1. The number of aromatic hydroxyl groups is 1. The van der Waals surface area contributed by atoms with Crippen molar-refractivity contribution in [2.45, 2.75) is 25.3 Å². The highest BCUT2D eigenvalue weighted by Crippen LogP contribution is 2.29. The van der Waals surface area contributed by atoms with Crippen LogP contribution in [0.5, 0.6) is 5.75 Å². The van der Waals surface area contributed by atoms with Crippen LogP contribution >= 0.6 is 0 Å². The molecule has 1 N–H and O–H groups in total. The van der Waals surface area contributed by atoms with E-state index >= 15 is 0 Å². The number of fused-ring (bicyclic) bond motifs is 1. The van der Waals surface area contributed by atoms with Crippen LogP contribution in [0.4, 0.5) is 0 Å². The third-order valence-electron chi connectivity index (χ3n) is 5.29. The summed E-state index contributed by atoms with van der Waals surface area (Å²) in [6.07, 6.45) is 0. The number of aryl methyl sites for hydroxylation is 2. The van der Waals surface area contributed by atoms with E-state index in [0.29, 0.717) is 44.2 Å². The Morgan fingerprint density at radius 1 is 1.07 bits per heavy atom. The molecule has 1 saturated heterocycles. The first kappa shape index (κ1) is 18.9. The summed E-state index contributed by atoms with van der Waals surface area (Å²) in [6.45, 7) is 5.79. The monoisotopic (exact) mass is 401 g/mol. The minimum absolute atomic E-state index is 0.174. The van der Waals surface area contributed by atoms with Gasteiger partial charge in [-0.2, -0.15) is 4.31 Å². The molecule has 1 fully saturated rings. The van der Waals surface area contributed by atoms with Crippen molar-refractivity contribution in [1.82, 2.24) is 14.4 Å². The van der Waals surface area contributed by atoms with E-state index in [0.717, 1.165) is 16.3 Å². The van der Waals surface area contributed by atoms with E-state index in [1.54, 1.807) is 19.9 Å². The number of hydrogen-bond acceptors (Lipinski definition) is 6. The predicted octanol–water partition coefficient (Wildman–Crippen LogP) is 2.66. The van der Waals surface area contributed by atoms with Crippen molar-refractivity contribution in [2.75, 3.05) is 26.2 Å². The maximum Gasteiger partial charge on any atom is 0.248 e. The Hall–Kier alpha value is -2.42. The first-order chi connectivity index (χ1) is 13.4. The number of sulfonamides is 1. The standard InChI is InChI=1S/C20H23N3O4S/c1-14-20(15(2)27-21-14)28(25,26)23-11-9-22(10-12-23)13-18-17-6-4-3-5-16(17)7-8-19(18)24/h3-8,24H,9-13H2,1-2H3. The quantitative estimate of drug-likeness (QED) is 0.723. The predicted molar refractivity (Wildman–Crippen MR) is 106 cm³/mol. The Morgan fingerprint density at radius 3 is 2.46 bits per heavy atom. The molecule has 1 aliphatic rings. The van der Waals surface area contributed by atoms with Crippen LogP contribution in [0.15, 0.2) is 45.8 Å². The van der Waals surface area contributed by atoms with Gasteiger partial charge in [-0.25, -0.2) is 8.42 Å². The first-order valence-electron chi connectivity index (χ1n) is 9.23. The molecule has 8 heteroatoms. The van der Waals surface area contributed by atoms with Crippen molar-refractivity contribution in [3.63, 3.8) is 0 Å². The van der Waals surface area contributed by atoms with Gasteiger partial charge in [-0.1, -0.05) is 35.5 Å². The van der Waals surface area contributed by atoms with E-state index in [2.05, 4.69) is 10.1 Å². The summed E-state index contributed by atoms with van der Waals surface area (Å²) in [5.74, 6) is 0.588. The second-order valence-corrected chi connectivity index (χ2v) is 8.99. The number of aromatic nitrogens is 1. The Kier molecular flexibility index (Phi) is 4.86. The molecule has 148 valence electrons. The van der Waals surface area contributed by atoms with Gasteiger partial charge < -0.3 is 9.63 Å².